The maximum Gasteiger partial charge on any atom is 0.0572 e. The third-order valence-electron chi connectivity index (χ3n) is 1.77. The molecule has 0 spiro atoms. The third-order valence-corrected chi connectivity index (χ3v) is 1.77. The van der Waals surface area contributed by atoms with E-state index in [0.29, 0.717) is 0 Å². The average Bonchev–Trinajstić information content (AvgIpc) is 2.04. The predicted molar refractivity (Wildman–Crippen MR) is 49.6 cm³/mol. The molecule has 66 valence electrons. The summed E-state index contributed by atoms with van der Waals surface area (Å²) in [5.74, 6) is 0. The zero-order valence-corrected chi connectivity index (χ0v) is 7.71. The van der Waals surface area contributed by atoms with Crippen molar-refractivity contribution in [1.82, 2.24) is 0 Å². The van der Waals surface area contributed by atoms with Crippen LogP contribution in [0.1, 0.15) is 46.0 Å². The maximum atomic E-state index is 9.16. The van der Waals surface area contributed by atoms with Gasteiger partial charge in [-0.15, -0.1) is 0 Å². The second-order valence-electron chi connectivity index (χ2n) is 2.91. The van der Waals surface area contributed by atoms with Gasteiger partial charge in [0, 0.05) is 0 Å². The highest BCUT2D eigenvalue weighted by Gasteiger charge is 1.94. The minimum Gasteiger partial charge on any atom is -0.393 e. The van der Waals surface area contributed by atoms with Crippen molar-refractivity contribution in [2.75, 3.05) is 0 Å². The molecule has 1 atom stereocenters. The predicted octanol–water partition coefficient (Wildman–Crippen LogP) is 2.89. The largest absolute Gasteiger partial charge is 0.393 e. The molecule has 1 heteroatoms. The highest BCUT2D eigenvalue weighted by atomic mass is 16.3. The minimum atomic E-state index is -0.132. The summed E-state index contributed by atoms with van der Waals surface area (Å²) in [6, 6.07) is 0. The molecular weight excluding hydrogens is 136 g/mol. The van der Waals surface area contributed by atoms with Gasteiger partial charge < -0.3 is 5.11 Å². The van der Waals surface area contributed by atoms with Crippen molar-refractivity contribution in [3.63, 3.8) is 0 Å². The van der Waals surface area contributed by atoms with Crippen LogP contribution in [0.3, 0.4) is 0 Å². The summed E-state index contributed by atoms with van der Waals surface area (Å²) in [4.78, 5) is 0. The molecule has 0 aromatic rings. The molecule has 1 N–H and O–H groups in total. The van der Waals surface area contributed by atoms with Crippen LogP contribution in [0.4, 0.5) is 0 Å². The van der Waals surface area contributed by atoms with E-state index < -0.39 is 0 Å². The first kappa shape index (κ1) is 10.7. The van der Waals surface area contributed by atoms with E-state index in [4.69, 9.17) is 5.11 Å². The van der Waals surface area contributed by atoms with Crippen LogP contribution in [0.5, 0.6) is 0 Å². The summed E-state index contributed by atoms with van der Waals surface area (Å²) in [6.45, 7) is 4.19. The first-order valence-electron chi connectivity index (χ1n) is 4.64. The maximum absolute atomic E-state index is 9.16. The van der Waals surface area contributed by atoms with E-state index in [1.54, 1.807) is 0 Å². The molecule has 0 fully saturated rings. The van der Waals surface area contributed by atoms with Crippen LogP contribution < -0.4 is 0 Å². The summed E-state index contributed by atoms with van der Waals surface area (Å²) in [6.07, 6.45) is 9.48. The number of unbranched alkanes of at least 4 members (excludes halogenated alkanes) is 2. The Morgan fingerprint density at radius 1 is 1.27 bits per heavy atom. The standard InChI is InChI=1S/C10H20O/c1-3-5-6-7-8-9-10(11)4-2/h7-8,10-11H,3-6,9H2,1-2H3. The summed E-state index contributed by atoms with van der Waals surface area (Å²) in [5.41, 5.74) is 0. The molecule has 0 aliphatic heterocycles. The number of rotatable bonds is 6. The lowest BCUT2D eigenvalue weighted by Crippen LogP contribution is -2.00. The van der Waals surface area contributed by atoms with Crippen LogP contribution in [0.2, 0.25) is 0 Å². The normalized spacial score (nSPS) is 14.1. The summed E-state index contributed by atoms with van der Waals surface area (Å²) in [5, 5.41) is 9.16. The highest BCUT2D eigenvalue weighted by Crippen LogP contribution is 2.00. The van der Waals surface area contributed by atoms with Crippen LogP contribution in [-0.4, -0.2) is 11.2 Å². The molecule has 0 aromatic heterocycles. The van der Waals surface area contributed by atoms with Crippen molar-refractivity contribution >= 4 is 0 Å². The molecule has 0 aliphatic carbocycles. The quantitative estimate of drug-likeness (QED) is 0.463. The molecule has 1 nitrogen and oxygen atoms in total. The first-order chi connectivity index (χ1) is 5.31. The lowest BCUT2D eigenvalue weighted by Gasteiger charge is -2.01. The molecule has 0 aromatic carbocycles. The summed E-state index contributed by atoms with van der Waals surface area (Å²) < 4.78 is 0. The van der Waals surface area contributed by atoms with Gasteiger partial charge in [0.25, 0.3) is 0 Å². The van der Waals surface area contributed by atoms with Crippen molar-refractivity contribution in [2.24, 2.45) is 0 Å². The van der Waals surface area contributed by atoms with Gasteiger partial charge >= 0.3 is 0 Å². The molecule has 0 saturated carbocycles. The van der Waals surface area contributed by atoms with Crippen LogP contribution in [0.15, 0.2) is 12.2 Å². The lowest BCUT2D eigenvalue weighted by atomic mass is 10.1. The van der Waals surface area contributed by atoms with Crippen molar-refractivity contribution in [1.29, 1.82) is 0 Å². The topological polar surface area (TPSA) is 20.2 Å². The zero-order valence-electron chi connectivity index (χ0n) is 7.71. The molecule has 0 aliphatic rings. The van der Waals surface area contributed by atoms with E-state index in [0.717, 1.165) is 19.3 Å². The van der Waals surface area contributed by atoms with Crippen LogP contribution in [0.25, 0.3) is 0 Å². The fraction of sp³-hybridized carbons (Fsp3) is 0.800. The fourth-order valence-corrected chi connectivity index (χ4v) is 0.860. The number of hydrogen-bond donors (Lipinski definition) is 1. The highest BCUT2D eigenvalue weighted by molar-refractivity contribution is 4.83. The fourth-order valence-electron chi connectivity index (χ4n) is 0.860. The molecule has 0 amide bonds. The van der Waals surface area contributed by atoms with Crippen molar-refractivity contribution in [3.05, 3.63) is 12.2 Å². The van der Waals surface area contributed by atoms with Crippen molar-refractivity contribution in [2.45, 2.75) is 52.1 Å². The number of hydrogen-bond acceptors (Lipinski definition) is 1. The Hall–Kier alpha value is -0.300. The molecule has 0 saturated heterocycles. The molecule has 0 bridgehead atoms. The smallest absolute Gasteiger partial charge is 0.0572 e. The van der Waals surface area contributed by atoms with Gasteiger partial charge in [0.1, 0.15) is 0 Å². The molecule has 0 rings (SSSR count). The number of allylic oxidation sites excluding steroid dienone is 1. The van der Waals surface area contributed by atoms with E-state index in [1.807, 2.05) is 6.92 Å². The Morgan fingerprint density at radius 3 is 2.55 bits per heavy atom. The monoisotopic (exact) mass is 156 g/mol. The minimum absolute atomic E-state index is 0.132. The van der Waals surface area contributed by atoms with Gasteiger partial charge in [0.15, 0.2) is 0 Å². The van der Waals surface area contributed by atoms with E-state index in [1.165, 1.54) is 12.8 Å². The molecular formula is C10H20O. The Bertz CT molecular complexity index is 97.0. The Morgan fingerprint density at radius 2 is 2.00 bits per heavy atom. The Balaban J connectivity index is 3.15. The SMILES string of the molecule is CCCCC=CCC(O)CC. The van der Waals surface area contributed by atoms with Gasteiger partial charge in [0.05, 0.1) is 6.10 Å². The van der Waals surface area contributed by atoms with Gasteiger partial charge in [-0.1, -0.05) is 38.8 Å². The molecule has 1 unspecified atom stereocenters. The number of aliphatic hydroxyl groups is 1. The number of aliphatic hydroxyl groups excluding tert-OH is 1. The van der Waals surface area contributed by atoms with E-state index in [2.05, 4.69) is 19.1 Å². The molecule has 0 heterocycles. The second kappa shape index (κ2) is 7.80. The van der Waals surface area contributed by atoms with Crippen LogP contribution >= 0.6 is 0 Å². The molecule has 0 radical (unpaired) electrons. The van der Waals surface area contributed by atoms with E-state index in [-0.39, 0.29) is 6.10 Å². The van der Waals surface area contributed by atoms with Crippen molar-refractivity contribution < 1.29 is 5.11 Å². The van der Waals surface area contributed by atoms with Gasteiger partial charge in [-0.2, -0.15) is 0 Å². The Labute approximate surface area is 70.1 Å². The first-order valence-corrected chi connectivity index (χ1v) is 4.64. The lowest BCUT2D eigenvalue weighted by molar-refractivity contribution is 0.173. The zero-order chi connectivity index (χ0) is 8.53. The third kappa shape index (κ3) is 7.60. The van der Waals surface area contributed by atoms with Crippen molar-refractivity contribution in [3.8, 4) is 0 Å². The summed E-state index contributed by atoms with van der Waals surface area (Å²) in [7, 11) is 0. The van der Waals surface area contributed by atoms with Gasteiger partial charge in [-0.05, 0) is 19.3 Å². The van der Waals surface area contributed by atoms with Crippen LogP contribution in [-0.2, 0) is 0 Å². The average molecular weight is 156 g/mol. The molecule has 11 heavy (non-hydrogen) atoms. The van der Waals surface area contributed by atoms with Gasteiger partial charge in [0.2, 0.25) is 0 Å². The van der Waals surface area contributed by atoms with Gasteiger partial charge in [-0.25, -0.2) is 0 Å². The second-order valence-corrected chi connectivity index (χ2v) is 2.91. The van der Waals surface area contributed by atoms with E-state index in [9.17, 15) is 0 Å². The Kier molecular flexibility index (Phi) is 7.59. The van der Waals surface area contributed by atoms with Crippen LogP contribution in [0, 0.1) is 0 Å². The summed E-state index contributed by atoms with van der Waals surface area (Å²) >= 11 is 0. The van der Waals surface area contributed by atoms with E-state index >= 15 is 0 Å². The van der Waals surface area contributed by atoms with Gasteiger partial charge in [-0.3, -0.25) is 0 Å².